The van der Waals surface area contributed by atoms with Crippen molar-refractivity contribution in [1.82, 2.24) is 10.2 Å². The molecule has 0 spiro atoms. The molecule has 2 aromatic carbocycles. The van der Waals surface area contributed by atoms with Crippen LogP contribution >= 0.6 is 23.1 Å². The van der Waals surface area contributed by atoms with Crippen molar-refractivity contribution in [2.75, 3.05) is 5.32 Å². The molecular weight excluding hydrogens is 386 g/mol. The molecule has 0 fully saturated rings. The summed E-state index contributed by atoms with van der Waals surface area (Å²) in [7, 11) is 0. The van der Waals surface area contributed by atoms with Crippen LogP contribution < -0.4 is 5.32 Å². The van der Waals surface area contributed by atoms with Crippen molar-refractivity contribution < 1.29 is 4.79 Å². The minimum absolute atomic E-state index is 0.152. The second-order valence-corrected chi connectivity index (χ2v) is 9.58. The van der Waals surface area contributed by atoms with Crippen LogP contribution in [0.2, 0.25) is 0 Å². The summed E-state index contributed by atoms with van der Waals surface area (Å²) in [6, 6.07) is 14.5. The number of benzene rings is 2. The quantitative estimate of drug-likeness (QED) is 0.401. The average Bonchev–Trinajstić information content (AvgIpc) is 3.36. The standard InChI is InChI=1S/C22H23N3OS2/c1-3-15-7-11-19(12-8-15)23-21-24-25-22(28-21)27-14(2)20(26)18-10-9-16-5-4-6-17(16)13-18/h7-14H,3-6H2,1-2H3,(H,23,24)/t14-/m0/s1. The lowest BCUT2D eigenvalue weighted by Crippen LogP contribution is -2.13. The van der Waals surface area contributed by atoms with Gasteiger partial charge in [-0.25, -0.2) is 0 Å². The highest BCUT2D eigenvalue weighted by molar-refractivity contribution is 8.02. The Morgan fingerprint density at radius 3 is 2.71 bits per heavy atom. The number of carbonyl (C=O) groups excluding carboxylic acids is 1. The average molecular weight is 410 g/mol. The van der Waals surface area contributed by atoms with Crippen LogP contribution in [-0.4, -0.2) is 21.2 Å². The summed E-state index contributed by atoms with van der Waals surface area (Å²) in [6.07, 6.45) is 4.44. The molecule has 0 bridgehead atoms. The number of nitrogens with zero attached hydrogens (tertiary/aromatic N) is 2. The van der Waals surface area contributed by atoms with Crippen molar-refractivity contribution in [3.63, 3.8) is 0 Å². The summed E-state index contributed by atoms with van der Waals surface area (Å²) < 4.78 is 0.801. The Balaban J connectivity index is 1.39. The highest BCUT2D eigenvalue weighted by atomic mass is 32.2. The van der Waals surface area contributed by atoms with Gasteiger partial charge in [-0.05, 0) is 67.5 Å². The van der Waals surface area contributed by atoms with E-state index in [-0.39, 0.29) is 11.0 Å². The van der Waals surface area contributed by atoms with Gasteiger partial charge in [-0.1, -0.05) is 54.3 Å². The number of hydrogen-bond donors (Lipinski definition) is 1. The number of anilines is 2. The predicted octanol–water partition coefficient (Wildman–Crippen LogP) is 5.70. The summed E-state index contributed by atoms with van der Waals surface area (Å²) in [5, 5.41) is 12.3. The van der Waals surface area contributed by atoms with E-state index in [4.69, 9.17) is 0 Å². The largest absolute Gasteiger partial charge is 0.330 e. The first-order valence-electron chi connectivity index (χ1n) is 9.64. The van der Waals surface area contributed by atoms with E-state index in [0.29, 0.717) is 0 Å². The van der Waals surface area contributed by atoms with Crippen LogP contribution in [-0.2, 0) is 19.3 Å². The Morgan fingerprint density at radius 1 is 1.14 bits per heavy atom. The maximum Gasteiger partial charge on any atom is 0.210 e. The SMILES string of the molecule is CCc1ccc(Nc2nnc(S[C@@H](C)C(=O)c3ccc4c(c3)CCC4)s2)cc1. The van der Waals surface area contributed by atoms with E-state index in [1.54, 1.807) is 0 Å². The van der Waals surface area contributed by atoms with Gasteiger partial charge in [-0.2, -0.15) is 0 Å². The van der Waals surface area contributed by atoms with Crippen LogP contribution in [0.5, 0.6) is 0 Å². The number of carbonyl (C=O) groups is 1. The molecule has 6 heteroatoms. The van der Waals surface area contributed by atoms with Gasteiger partial charge in [0, 0.05) is 11.3 Å². The number of thioether (sulfide) groups is 1. The van der Waals surface area contributed by atoms with Crippen LogP contribution in [0.1, 0.15) is 47.3 Å². The van der Waals surface area contributed by atoms with Gasteiger partial charge in [0.25, 0.3) is 0 Å². The maximum absolute atomic E-state index is 12.8. The first kappa shape index (κ1) is 19.2. The molecule has 1 atom stereocenters. The third kappa shape index (κ3) is 4.28. The smallest absolute Gasteiger partial charge is 0.210 e. The normalized spacial score (nSPS) is 13.9. The molecule has 3 aromatic rings. The van der Waals surface area contributed by atoms with E-state index in [9.17, 15) is 4.79 Å². The van der Waals surface area contributed by atoms with E-state index in [0.717, 1.165) is 40.0 Å². The molecule has 0 aliphatic heterocycles. The zero-order valence-corrected chi connectivity index (χ0v) is 17.7. The molecule has 0 radical (unpaired) electrons. The minimum atomic E-state index is -0.191. The van der Waals surface area contributed by atoms with Crippen molar-refractivity contribution >= 4 is 39.7 Å². The summed E-state index contributed by atoms with van der Waals surface area (Å²) in [5.74, 6) is 0.152. The molecule has 0 saturated heterocycles. The van der Waals surface area contributed by atoms with Crippen LogP contribution in [0, 0.1) is 0 Å². The lowest BCUT2D eigenvalue weighted by molar-refractivity contribution is 0.0994. The number of fused-ring (bicyclic) bond motifs is 1. The second kappa shape index (κ2) is 8.45. The van der Waals surface area contributed by atoms with Crippen molar-refractivity contribution in [2.24, 2.45) is 0 Å². The fourth-order valence-corrected chi connectivity index (χ4v) is 5.41. The van der Waals surface area contributed by atoms with Crippen molar-refractivity contribution in [1.29, 1.82) is 0 Å². The van der Waals surface area contributed by atoms with Gasteiger partial charge >= 0.3 is 0 Å². The first-order valence-corrected chi connectivity index (χ1v) is 11.3. The van der Waals surface area contributed by atoms with Crippen molar-refractivity contribution in [3.05, 3.63) is 64.7 Å². The molecule has 28 heavy (non-hydrogen) atoms. The first-order chi connectivity index (χ1) is 13.6. The maximum atomic E-state index is 12.8. The Hall–Kier alpha value is -2.18. The number of aromatic nitrogens is 2. The molecule has 0 unspecified atom stereocenters. The van der Waals surface area contributed by atoms with Crippen LogP contribution in [0.15, 0.2) is 46.8 Å². The van der Waals surface area contributed by atoms with Gasteiger partial charge in [0.2, 0.25) is 5.13 Å². The summed E-state index contributed by atoms with van der Waals surface area (Å²) >= 11 is 2.95. The Labute approximate surface area is 173 Å². The summed E-state index contributed by atoms with van der Waals surface area (Å²) in [4.78, 5) is 12.8. The molecule has 144 valence electrons. The topological polar surface area (TPSA) is 54.9 Å². The Morgan fingerprint density at radius 2 is 1.93 bits per heavy atom. The lowest BCUT2D eigenvalue weighted by atomic mass is 10.0. The number of hydrogen-bond acceptors (Lipinski definition) is 6. The van der Waals surface area contributed by atoms with Gasteiger partial charge in [-0.3, -0.25) is 4.79 Å². The van der Waals surface area contributed by atoms with Gasteiger partial charge < -0.3 is 5.32 Å². The number of rotatable bonds is 7. The van der Waals surface area contributed by atoms with Gasteiger partial charge in [0.05, 0.1) is 5.25 Å². The van der Waals surface area contributed by atoms with Crippen molar-refractivity contribution in [3.8, 4) is 0 Å². The van der Waals surface area contributed by atoms with E-state index in [1.807, 2.05) is 25.1 Å². The molecule has 0 amide bonds. The third-order valence-electron chi connectivity index (χ3n) is 5.05. The highest BCUT2D eigenvalue weighted by Gasteiger charge is 2.21. The number of Topliss-reactive ketones (excluding diaryl/α,β-unsaturated/α-hetero) is 1. The van der Waals surface area contributed by atoms with E-state index < -0.39 is 0 Å². The van der Waals surface area contributed by atoms with E-state index in [2.05, 4.69) is 46.7 Å². The zero-order chi connectivity index (χ0) is 19.5. The fraction of sp³-hybridized carbons (Fsp3) is 0.318. The predicted molar refractivity (Wildman–Crippen MR) is 117 cm³/mol. The summed E-state index contributed by atoms with van der Waals surface area (Å²) in [6.45, 7) is 4.08. The Kier molecular flexibility index (Phi) is 5.78. The number of ketones is 1. The van der Waals surface area contributed by atoms with E-state index >= 15 is 0 Å². The molecule has 1 heterocycles. The molecule has 4 nitrogen and oxygen atoms in total. The van der Waals surface area contributed by atoms with Crippen LogP contribution in [0.3, 0.4) is 0 Å². The number of nitrogens with one attached hydrogen (secondary N) is 1. The Bertz CT molecular complexity index is 982. The molecule has 1 aliphatic rings. The molecule has 1 aromatic heterocycles. The lowest BCUT2D eigenvalue weighted by Gasteiger charge is -2.09. The molecular formula is C22H23N3OS2. The summed E-state index contributed by atoms with van der Waals surface area (Å²) in [5.41, 5.74) is 5.83. The number of aryl methyl sites for hydroxylation is 3. The van der Waals surface area contributed by atoms with Gasteiger partial charge in [0.15, 0.2) is 10.1 Å². The third-order valence-corrected chi connectivity index (χ3v) is 7.07. The second-order valence-electron chi connectivity index (χ2n) is 7.01. The van der Waals surface area contributed by atoms with E-state index in [1.165, 1.54) is 46.2 Å². The van der Waals surface area contributed by atoms with Crippen LogP contribution in [0.4, 0.5) is 10.8 Å². The molecule has 1 N–H and O–H groups in total. The fourth-order valence-electron chi connectivity index (χ4n) is 3.42. The monoisotopic (exact) mass is 409 g/mol. The van der Waals surface area contributed by atoms with Crippen molar-refractivity contribution in [2.45, 2.75) is 49.1 Å². The van der Waals surface area contributed by atoms with Gasteiger partial charge in [0.1, 0.15) is 0 Å². The zero-order valence-electron chi connectivity index (χ0n) is 16.1. The van der Waals surface area contributed by atoms with Crippen LogP contribution in [0.25, 0.3) is 0 Å². The minimum Gasteiger partial charge on any atom is -0.330 e. The molecule has 1 aliphatic carbocycles. The molecule has 0 saturated carbocycles. The highest BCUT2D eigenvalue weighted by Crippen LogP contribution is 2.32. The molecule has 4 rings (SSSR count). The van der Waals surface area contributed by atoms with Gasteiger partial charge in [-0.15, -0.1) is 10.2 Å².